The number of hydrogen-bond acceptors (Lipinski definition) is 6. The monoisotopic (exact) mass is 509 g/mol. The summed E-state index contributed by atoms with van der Waals surface area (Å²) in [6, 6.07) is 13.6. The lowest BCUT2D eigenvalue weighted by atomic mass is 10.0. The highest BCUT2D eigenvalue weighted by Gasteiger charge is 2.16. The minimum absolute atomic E-state index is 0.169. The molecule has 2 aromatic heterocycles. The third kappa shape index (κ3) is 5.36. The number of rotatable bonds is 8. The molecule has 4 aromatic rings. The molecule has 0 N–H and O–H groups in total. The molecule has 0 unspecified atom stereocenters. The summed E-state index contributed by atoms with van der Waals surface area (Å²) in [5.41, 5.74) is 3.56. The number of fused-ring (bicyclic) bond motifs is 1. The lowest BCUT2D eigenvalue weighted by molar-refractivity contribution is 0.256. The van der Waals surface area contributed by atoms with Crippen LogP contribution in [-0.4, -0.2) is 37.2 Å². The molecule has 35 heavy (non-hydrogen) atoms. The van der Waals surface area contributed by atoms with E-state index in [4.69, 9.17) is 26.1 Å². The molecule has 0 aliphatic heterocycles. The van der Waals surface area contributed by atoms with E-state index in [1.807, 2.05) is 73.6 Å². The molecule has 0 saturated carbocycles. The first-order valence-electron chi connectivity index (χ1n) is 11.3. The van der Waals surface area contributed by atoms with Gasteiger partial charge in [-0.15, -0.1) is 0 Å². The van der Waals surface area contributed by atoms with Gasteiger partial charge in [0.25, 0.3) is 5.56 Å². The largest absolute Gasteiger partial charge is 0.493 e. The second-order valence-corrected chi connectivity index (χ2v) is 10.4. The summed E-state index contributed by atoms with van der Waals surface area (Å²) >= 11 is 7.48. The van der Waals surface area contributed by atoms with Crippen LogP contribution < -0.4 is 19.9 Å². The SMILES string of the molecule is COc1cccc(/C=C/c2nc3sc(Cl)cn3c(=O)c2-c2ccc(N(C)C)cc2)c1OCC(C)C. The number of thiazole rings is 1. The van der Waals surface area contributed by atoms with Gasteiger partial charge in [-0.05, 0) is 41.8 Å². The van der Waals surface area contributed by atoms with Gasteiger partial charge < -0.3 is 14.4 Å². The minimum atomic E-state index is -0.169. The summed E-state index contributed by atoms with van der Waals surface area (Å²) < 4.78 is 13.6. The maximum absolute atomic E-state index is 13.5. The Balaban J connectivity index is 1.85. The van der Waals surface area contributed by atoms with Crippen molar-refractivity contribution in [3.63, 3.8) is 0 Å². The van der Waals surface area contributed by atoms with E-state index < -0.39 is 0 Å². The van der Waals surface area contributed by atoms with E-state index in [-0.39, 0.29) is 5.56 Å². The van der Waals surface area contributed by atoms with E-state index >= 15 is 0 Å². The average molecular weight is 510 g/mol. The Labute approximate surface area is 214 Å². The standard InChI is InChI=1S/C27H28ClN3O3S/c1-17(2)16-34-25-19(7-6-8-22(25)33-5)11-14-21-24(18-9-12-20(13-10-18)30(3)4)26(32)31-15-23(28)35-27(31)29-21/h6-15,17H,16H2,1-5H3/b14-11+. The molecule has 182 valence electrons. The molecule has 0 bridgehead atoms. The predicted octanol–water partition coefficient (Wildman–Crippen LogP) is 6.36. The third-order valence-electron chi connectivity index (χ3n) is 5.41. The van der Waals surface area contributed by atoms with Crippen LogP contribution >= 0.6 is 22.9 Å². The summed E-state index contributed by atoms with van der Waals surface area (Å²) in [5.74, 6) is 1.68. The molecular weight excluding hydrogens is 482 g/mol. The summed E-state index contributed by atoms with van der Waals surface area (Å²) in [4.78, 5) is 20.9. The van der Waals surface area contributed by atoms with E-state index in [1.54, 1.807) is 13.3 Å². The van der Waals surface area contributed by atoms with Crippen molar-refractivity contribution in [1.82, 2.24) is 9.38 Å². The van der Waals surface area contributed by atoms with Crippen LogP contribution in [0.3, 0.4) is 0 Å². The van der Waals surface area contributed by atoms with Crippen molar-refractivity contribution in [3.8, 4) is 22.6 Å². The number of ether oxygens (including phenoxy) is 2. The van der Waals surface area contributed by atoms with Crippen molar-refractivity contribution in [2.75, 3.05) is 32.7 Å². The smallest absolute Gasteiger partial charge is 0.267 e. The summed E-state index contributed by atoms with van der Waals surface area (Å²) in [7, 11) is 5.58. The van der Waals surface area contributed by atoms with E-state index in [1.165, 1.54) is 15.7 Å². The van der Waals surface area contributed by atoms with Crippen LogP contribution in [0.15, 0.2) is 53.5 Å². The lowest BCUT2D eigenvalue weighted by Crippen LogP contribution is -2.17. The maximum atomic E-state index is 13.5. The highest BCUT2D eigenvalue weighted by Crippen LogP contribution is 2.34. The van der Waals surface area contributed by atoms with Crippen LogP contribution in [0.1, 0.15) is 25.1 Å². The van der Waals surface area contributed by atoms with Gasteiger partial charge in [0.1, 0.15) is 4.34 Å². The van der Waals surface area contributed by atoms with Crippen LogP contribution in [0.4, 0.5) is 5.69 Å². The Kier molecular flexibility index (Phi) is 7.48. The molecule has 6 nitrogen and oxygen atoms in total. The molecule has 0 aliphatic rings. The Hall–Kier alpha value is -3.29. The number of nitrogens with zero attached hydrogens (tertiary/aromatic N) is 3. The fourth-order valence-electron chi connectivity index (χ4n) is 3.65. The highest BCUT2D eigenvalue weighted by atomic mass is 35.5. The van der Waals surface area contributed by atoms with Gasteiger partial charge in [0, 0.05) is 31.5 Å². The number of hydrogen-bond donors (Lipinski definition) is 0. The van der Waals surface area contributed by atoms with Gasteiger partial charge in [-0.25, -0.2) is 4.98 Å². The minimum Gasteiger partial charge on any atom is -0.493 e. The normalized spacial score (nSPS) is 11.5. The summed E-state index contributed by atoms with van der Waals surface area (Å²) in [6.07, 6.45) is 5.37. The molecule has 2 heterocycles. The van der Waals surface area contributed by atoms with E-state index in [0.717, 1.165) is 16.8 Å². The third-order valence-corrected chi connectivity index (χ3v) is 6.51. The highest BCUT2D eigenvalue weighted by molar-refractivity contribution is 7.20. The van der Waals surface area contributed by atoms with Crippen molar-refractivity contribution in [3.05, 3.63) is 74.6 Å². The molecule has 0 fully saturated rings. The molecule has 8 heteroatoms. The van der Waals surface area contributed by atoms with Crippen LogP contribution in [0.5, 0.6) is 11.5 Å². The zero-order chi connectivity index (χ0) is 25.1. The molecule has 0 spiro atoms. The Morgan fingerprint density at radius 3 is 2.54 bits per heavy atom. The van der Waals surface area contributed by atoms with Crippen LogP contribution in [0, 0.1) is 5.92 Å². The number of para-hydroxylation sites is 1. The molecule has 0 aliphatic carbocycles. The van der Waals surface area contributed by atoms with Gasteiger partial charge in [-0.1, -0.05) is 61.1 Å². The fraction of sp³-hybridized carbons (Fsp3) is 0.259. The Bertz CT molecular complexity index is 1420. The molecule has 0 atom stereocenters. The zero-order valence-corrected chi connectivity index (χ0v) is 22.0. The molecule has 4 rings (SSSR count). The van der Waals surface area contributed by atoms with Crippen molar-refractivity contribution in [2.24, 2.45) is 5.92 Å². The van der Waals surface area contributed by atoms with Gasteiger partial charge in [0.05, 0.1) is 25.0 Å². The quantitative estimate of drug-likeness (QED) is 0.277. The Morgan fingerprint density at radius 1 is 1.14 bits per heavy atom. The second-order valence-electron chi connectivity index (χ2n) is 8.72. The first-order valence-corrected chi connectivity index (χ1v) is 12.4. The molecule has 0 radical (unpaired) electrons. The topological polar surface area (TPSA) is 56.1 Å². The van der Waals surface area contributed by atoms with Gasteiger partial charge in [-0.3, -0.25) is 9.20 Å². The first-order chi connectivity index (χ1) is 16.8. The Morgan fingerprint density at radius 2 is 1.89 bits per heavy atom. The van der Waals surface area contributed by atoms with Gasteiger partial charge in [0.2, 0.25) is 0 Å². The van der Waals surface area contributed by atoms with Crippen molar-refractivity contribution in [2.45, 2.75) is 13.8 Å². The number of methoxy groups -OCH3 is 1. The van der Waals surface area contributed by atoms with Gasteiger partial charge in [-0.2, -0.15) is 0 Å². The van der Waals surface area contributed by atoms with E-state index in [2.05, 4.69) is 13.8 Å². The number of aromatic nitrogens is 2. The second kappa shape index (κ2) is 10.5. The van der Waals surface area contributed by atoms with Crippen LogP contribution in [0.2, 0.25) is 4.34 Å². The molecule has 0 amide bonds. The molecular formula is C27H28ClN3O3S. The van der Waals surface area contributed by atoms with Crippen molar-refractivity contribution in [1.29, 1.82) is 0 Å². The predicted molar refractivity (Wildman–Crippen MR) is 146 cm³/mol. The fourth-order valence-corrected chi connectivity index (χ4v) is 4.66. The average Bonchev–Trinajstić information content (AvgIpc) is 3.22. The van der Waals surface area contributed by atoms with Gasteiger partial charge >= 0.3 is 0 Å². The maximum Gasteiger partial charge on any atom is 0.267 e. The van der Waals surface area contributed by atoms with Crippen molar-refractivity contribution >= 4 is 45.7 Å². The number of anilines is 1. The van der Waals surface area contributed by atoms with Crippen LogP contribution in [0.25, 0.3) is 28.2 Å². The molecule has 2 aromatic carbocycles. The van der Waals surface area contributed by atoms with E-state index in [9.17, 15) is 4.79 Å². The lowest BCUT2D eigenvalue weighted by Gasteiger charge is -2.15. The summed E-state index contributed by atoms with van der Waals surface area (Å²) in [6.45, 7) is 4.75. The van der Waals surface area contributed by atoms with Gasteiger partial charge in [0.15, 0.2) is 16.5 Å². The van der Waals surface area contributed by atoms with Crippen molar-refractivity contribution < 1.29 is 9.47 Å². The first kappa shape index (κ1) is 24.8. The summed E-state index contributed by atoms with van der Waals surface area (Å²) in [5, 5.41) is 0. The van der Waals surface area contributed by atoms with E-state index in [0.29, 0.717) is 44.6 Å². The molecule has 0 saturated heterocycles. The number of benzene rings is 2. The zero-order valence-electron chi connectivity index (χ0n) is 20.4. The van der Waals surface area contributed by atoms with Crippen LogP contribution in [-0.2, 0) is 0 Å². The number of halogens is 1.